The monoisotopic (exact) mass is 189 g/mol. The lowest BCUT2D eigenvalue weighted by atomic mass is 10.2. The highest BCUT2D eigenvalue weighted by atomic mass is 16.5. The molecule has 1 aromatic carbocycles. The largest absolute Gasteiger partial charge is 0.618 e. The normalized spacial score (nSPS) is 10.4. The molecule has 0 bridgehead atoms. The molecular formula is C11H11NO2. The van der Waals surface area contributed by atoms with Crippen LogP contribution in [-0.2, 0) is 0 Å². The molecule has 0 amide bonds. The molecule has 0 aliphatic heterocycles. The second-order valence-corrected chi connectivity index (χ2v) is 3.19. The molecule has 0 aliphatic rings. The first-order valence-electron chi connectivity index (χ1n) is 4.39. The van der Waals surface area contributed by atoms with E-state index in [0.717, 1.165) is 10.1 Å². The van der Waals surface area contributed by atoms with Crippen molar-refractivity contribution in [2.24, 2.45) is 0 Å². The van der Waals surface area contributed by atoms with Crippen molar-refractivity contribution in [3.63, 3.8) is 0 Å². The SMILES string of the molecule is COc1ccc2ccc(C)[n+]([O-])c2c1. The first kappa shape index (κ1) is 8.81. The van der Waals surface area contributed by atoms with Crippen molar-refractivity contribution in [2.45, 2.75) is 6.92 Å². The van der Waals surface area contributed by atoms with Gasteiger partial charge in [-0.2, -0.15) is 4.73 Å². The van der Waals surface area contributed by atoms with Gasteiger partial charge < -0.3 is 9.94 Å². The Hall–Kier alpha value is -1.77. The Labute approximate surface area is 82.1 Å². The van der Waals surface area contributed by atoms with Gasteiger partial charge in [0.15, 0.2) is 5.69 Å². The minimum absolute atomic E-state index is 0.643. The Morgan fingerprint density at radius 2 is 1.93 bits per heavy atom. The molecule has 0 N–H and O–H groups in total. The molecule has 3 heteroatoms. The number of rotatable bonds is 1. The number of pyridine rings is 1. The van der Waals surface area contributed by atoms with Gasteiger partial charge in [0, 0.05) is 18.4 Å². The second kappa shape index (κ2) is 3.18. The fourth-order valence-corrected chi connectivity index (χ4v) is 1.44. The molecule has 0 fully saturated rings. The molecule has 14 heavy (non-hydrogen) atoms. The lowest BCUT2D eigenvalue weighted by Crippen LogP contribution is -2.30. The van der Waals surface area contributed by atoms with Gasteiger partial charge >= 0.3 is 0 Å². The van der Waals surface area contributed by atoms with Crippen LogP contribution in [-0.4, -0.2) is 7.11 Å². The fraction of sp³-hybridized carbons (Fsp3) is 0.182. The smallest absolute Gasteiger partial charge is 0.227 e. The van der Waals surface area contributed by atoms with E-state index in [1.165, 1.54) is 0 Å². The van der Waals surface area contributed by atoms with Crippen molar-refractivity contribution in [2.75, 3.05) is 7.11 Å². The van der Waals surface area contributed by atoms with E-state index in [-0.39, 0.29) is 0 Å². The molecule has 2 rings (SSSR count). The van der Waals surface area contributed by atoms with Crippen LogP contribution in [0.25, 0.3) is 10.9 Å². The van der Waals surface area contributed by atoms with Crippen LogP contribution in [0.4, 0.5) is 0 Å². The van der Waals surface area contributed by atoms with E-state index in [9.17, 15) is 5.21 Å². The van der Waals surface area contributed by atoms with Gasteiger partial charge in [0.2, 0.25) is 5.52 Å². The standard InChI is InChI=1S/C11H11NO2/c1-8-3-4-9-5-6-10(14-2)7-11(9)12(8)13/h3-7H,1-2H3. The van der Waals surface area contributed by atoms with Crippen LogP contribution in [0.3, 0.4) is 0 Å². The van der Waals surface area contributed by atoms with Crippen LogP contribution in [0, 0.1) is 12.1 Å². The van der Waals surface area contributed by atoms with E-state index in [0.29, 0.717) is 17.0 Å². The van der Waals surface area contributed by atoms with Crippen molar-refractivity contribution in [1.82, 2.24) is 0 Å². The van der Waals surface area contributed by atoms with E-state index in [1.807, 2.05) is 24.3 Å². The predicted molar refractivity (Wildman–Crippen MR) is 54.2 cm³/mol. The zero-order valence-corrected chi connectivity index (χ0v) is 8.15. The topological polar surface area (TPSA) is 36.2 Å². The fourth-order valence-electron chi connectivity index (χ4n) is 1.44. The summed E-state index contributed by atoms with van der Waals surface area (Å²) in [5, 5.41) is 12.6. The van der Waals surface area contributed by atoms with Crippen LogP contribution in [0.5, 0.6) is 5.75 Å². The van der Waals surface area contributed by atoms with Crippen LogP contribution < -0.4 is 9.47 Å². The second-order valence-electron chi connectivity index (χ2n) is 3.19. The number of methoxy groups -OCH3 is 1. The number of aryl methyl sites for hydroxylation is 1. The van der Waals surface area contributed by atoms with Crippen LogP contribution in [0.15, 0.2) is 30.3 Å². The third-order valence-electron chi connectivity index (χ3n) is 2.28. The van der Waals surface area contributed by atoms with E-state index in [1.54, 1.807) is 20.1 Å². The molecule has 2 aromatic rings. The molecule has 0 atom stereocenters. The van der Waals surface area contributed by atoms with Crippen molar-refractivity contribution >= 4 is 10.9 Å². The highest BCUT2D eigenvalue weighted by Gasteiger charge is 2.07. The van der Waals surface area contributed by atoms with E-state index < -0.39 is 0 Å². The third kappa shape index (κ3) is 1.27. The van der Waals surface area contributed by atoms with Crippen molar-refractivity contribution in [3.8, 4) is 5.75 Å². The van der Waals surface area contributed by atoms with Crippen LogP contribution in [0.2, 0.25) is 0 Å². The van der Waals surface area contributed by atoms with Gasteiger partial charge in [-0.3, -0.25) is 0 Å². The highest BCUT2D eigenvalue weighted by molar-refractivity contribution is 5.77. The lowest BCUT2D eigenvalue weighted by molar-refractivity contribution is -0.584. The molecule has 0 spiro atoms. The van der Waals surface area contributed by atoms with Crippen molar-refractivity contribution in [3.05, 3.63) is 41.2 Å². The van der Waals surface area contributed by atoms with E-state index in [2.05, 4.69) is 0 Å². The lowest BCUT2D eigenvalue weighted by Gasteiger charge is -2.05. The van der Waals surface area contributed by atoms with Gasteiger partial charge in [0.25, 0.3) is 0 Å². The summed E-state index contributed by atoms with van der Waals surface area (Å²) in [5.41, 5.74) is 1.33. The van der Waals surface area contributed by atoms with E-state index in [4.69, 9.17) is 4.74 Å². The minimum atomic E-state index is 0.643. The van der Waals surface area contributed by atoms with Crippen LogP contribution in [0.1, 0.15) is 5.69 Å². The molecule has 1 aromatic heterocycles. The quantitative estimate of drug-likeness (QED) is 0.506. The summed E-state index contributed by atoms with van der Waals surface area (Å²) in [6.07, 6.45) is 0. The summed E-state index contributed by atoms with van der Waals surface area (Å²) < 4.78 is 5.98. The molecular weight excluding hydrogens is 178 g/mol. The average Bonchev–Trinajstić information content (AvgIpc) is 2.23. The maximum absolute atomic E-state index is 11.7. The third-order valence-corrected chi connectivity index (χ3v) is 2.28. The molecule has 0 radical (unpaired) electrons. The Morgan fingerprint density at radius 3 is 2.64 bits per heavy atom. The Morgan fingerprint density at radius 1 is 1.21 bits per heavy atom. The number of hydrogen-bond donors (Lipinski definition) is 0. The van der Waals surface area contributed by atoms with E-state index >= 15 is 0 Å². The van der Waals surface area contributed by atoms with Crippen molar-refractivity contribution in [1.29, 1.82) is 0 Å². The zero-order chi connectivity index (χ0) is 10.1. The number of nitrogens with zero attached hydrogens (tertiary/aromatic N) is 1. The Bertz CT molecular complexity index is 480. The van der Waals surface area contributed by atoms with Gasteiger partial charge in [-0.15, -0.1) is 0 Å². The number of benzene rings is 1. The summed E-state index contributed by atoms with van der Waals surface area (Å²) in [6.45, 7) is 1.78. The molecule has 72 valence electrons. The average molecular weight is 189 g/mol. The highest BCUT2D eigenvalue weighted by Crippen LogP contribution is 2.17. The van der Waals surface area contributed by atoms with Gasteiger partial charge in [-0.1, -0.05) is 0 Å². The molecule has 0 unspecified atom stereocenters. The summed E-state index contributed by atoms with van der Waals surface area (Å²) in [6, 6.07) is 9.20. The van der Waals surface area contributed by atoms with Gasteiger partial charge in [0.1, 0.15) is 5.75 Å². The van der Waals surface area contributed by atoms with Crippen LogP contribution >= 0.6 is 0 Å². The summed E-state index contributed by atoms with van der Waals surface area (Å²) in [4.78, 5) is 0. The maximum atomic E-state index is 11.7. The number of hydrogen-bond acceptors (Lipinski definition) is 2. The summed E-state index contributed by atoms with van der Waals surface area (Å²) in [5.74, 6) is 0.702. The number of ether oxygens (including phenoxy) is 1. The molecule has 1 heterocycles. The summed E-state index contributed by atoms with van der Waals surface area (Å²) >= 11 is 0. The Kier molecular flexibility index (Phi) is 2.00. The van der Waals surface area contributed by atoms with Crippen molar-refractivity contribution < 1.29 is 9.47 Å². The number of fused-ring (bicyclic) bond motifs is 1. The molecule has 0 saturated carbocycles. The van der Waals surface area contributed by atoms with Gasteiger partial charge in [-0.05, 0) is 18.2 Å². The first-order chi connectivity index (χ1) is 6.72. The number of aromatic nitrogens is 1. The Balaban J connectivity index is 2.78. The molecule has 0 aliphatic carbocycles. The summed E-state index contributed by atoms with van der Waals surface area (Å²) in [7, 11) is 1.59. The maximum Gasteiger partial charge on any atom is 0.227 e. The predicted octanol–water partition coefficient (Wildman–Crippen LogP) is 1.79. The first-order valence-corrected chi connectivity index (χ1v) is 4.39. The molecule has 3 nitrogen and oxygen atoms in total. The zero-order valence-electron chi connectivity index (χ0n) is 8.15. The van der Waals surface area contributed by atoms with Gasteiger partial charge in [0.05, 0.1) is 13.2 Å². The van der Waals surface area contributed by atoms with Gasteiger partial charge in [-0.25, -0.2) is 0 Å². The molecule has 0 saturated heterocycles. The minimum Gasteiger partial charge on any atom is -0.618 e.